The van der Waals surface area contributed by atoms with Gasteiger partial charge in [-0.25, -0.2) is 4.79 Å². The number of fused-ring (bicyclic) bond motifs is 3. The Hall–Kier alpha value is -3.61. The quantitative estimate of drug-likeness (QED) is 0.277. The number of rotatable bonds is 13. The minimum Gasteiger partial charge on any atom is -0.481 e. The number of aliphatic carboxylic acids is 1. The molecule has 0 saturated carbocycles. The molecule has 0 aliphatic heterocycles. The molecule has 0 radical (unpaired) electrons. The van der Waals surface area contributed by atoms with Crippen molar-refractivity contribution in [3.8, 4) is 11.1 Å². The fourth-order valence-electron chi connectivity index (χ4n) is 4.30. The average molecular weight is 479 g/mol. The van der Waals surface area contributed by atoms with Gasteiger partial charge in [-0.3, -0.25) is 9.59 Å². The minimum atomic E-state index is -0.757. The molecule has 7 nitrogen and oxygen atoms in total. The summed E-state index contributed by atoms with van der Waals surface area (Å²) in [6.07, 6.45) is 5.71. The smallest absolute Gasteiger partial charge is 0.407 e. The molecule has 186 valence electrons. The van der Waals surface area contributed by atoms with E-state index in [4.69, 9.17) is 9.84 Å². The Kier molecular flexibility index (Phi) is 9.90. The second-order valence-corrected chi connectivity index (χ2v) is 8.76. The van der Waals surface area contributed by atoms with Crippen molar-refractivity contribution in [3.05, 3.63) is 71.3 Å². The van der Waals surface area contributed by atoms with Gasteiger partial charge in [-0.15, -0.1) is 0 Å². The Bertz CT molecular complexity index is 1020. The lowest BCUT2D eigenvalue weighted by molar-refractivity contribution is -0.137. The zero-order valence-electron chi connectivity index (χ0n) is 20.2. The summed E-state index contributed by atoms with van der Waals surface area (Å²) >= 11 is 0. The number of unbranched alkanes of at least 4 members (excludes halogenated alkanes) is 4. The first-order valence-electron chi connectivity index (χ1n) is 12.2. The van der Waals surface area contributed by atoms with E-state index in [-0.39, 0.29) is 31.4 Å². The van der Waals surface area contributed by atoms with Crippen molar-refractivity contribution in [2.75, 3.05) is 19.7 Å². The molecule has 0 fully saturated rings. The molecule has 2 aromatic carbocycles. The van der Waals surface area contributed by atoms with Gasteiger partial charge in [-0.05, 0) is 42.0 Å². The van der Waals surface area contributed by atoms with Crippen molar-refractivity contribution in [1.29, 1.82) is 0 Å². The first-order chi connectivity index (χ1) is 17.0. The first-order valence-corrected chi connectivity index (χ1v) is 12.2. The Morgan fingerprint density at radius 3 is 2.14 bits per heavy atom. The molecule has 1 aliphatic carbocycles. The normalized spacial score (nSPS) is 12.5. The van der Waals surface area contributed by atoms with Crippen LogP contribution in [0.5, 0.6) is 0 Å². The van der Waals surface area contributed by atoms with Gasteiger partial charge in [-0.2, -0.15) is 0 Å². The van der Waals surface area contributed by atoms with E-state index in [0.29, 0.717) is 18.5 Å². The van der Waals surface area contributed by atoms with Gasteiger partial charge >= 0.3 is 12.1 Å². The van der Waals surface area contributed by atoms with Crippen molar-refractivity contribution in [1.82, 2.24) is 10.6 Å². The Balaban J connectivity index is 1.34. The van der Waals surface area contributed by atoms with E-state index in [1.807, 2.05) is 24.3 Å². The Labute approximate surface area is 206 Å². The maximum absolute atomic E-state index is 12.2. The molecule has 1 aliphatic rings. The second-order valence-electron chi connectivity index (χ2n) is 8.76. The lowest BCUT2D eigenvalue weighted by atomic mass is 9.98. The number of carboxylic acids is 1. The zero-order chi connectivity index (χ0) is 25.0. The summed E-state index contributed by atoms with van der Waals surface area (Å²) in [5, 5.41) is 14.2. The van der Waals surface area contributed by atoms with Crippen LogP contribution in [-0.2, 0) is 14.3 Å². The van der Waals surface area contributed by atoms with Gasteiger partial charge in [-0.1, -0.05) is 73.9 Å². The van der Waals surface area contributed by atoms with Gasteiger partial charge in [0.05, 0.1) is 0 Å². The number of carbonyl (C=O) groups is 3. The predicted octanol–water partition coefficient (Wildman–Crippen LogP) is 5.01. The number of nitrogens with one attached hydrogen (secondary N) is 2. The summed E-state index contributed by atoms with van der Waals surface area (Å²) in [6, 6.07) is 16.4. The highest BCUT2D eigenvalue weighted by Gasteiger charge is 2.28. The van der Waals surface area contributed by atoms with Crippen LogP contribution in [0.4, 0.5) is 4.79 Å². The van der Waals surface area contributed by atoms with Gasteiger partial charge in [0.1, 0.15) is 6.61 Å². The molecule has 35 heavy (non-hydrogen) atoms. The average Bonchev–Trinajstić information content (AvgIpc) is 3.17. The van der Waals surface area contributed by atoms with Gasteiger partial charge in [0.2, 0.25) is 5.91 Å². The molecule has 2 aromatic rings. The number of hydrogen-bond donors (Lipinski definition) is 3. The van der Waals surface area contributed by atoms with Gasteiger partial charge < -0.3 is 20.5 Å². The van der Waals surface area contributed by atoms with Crippen LogP contribution in [0.2, 0.25) is 0 Å². The summed E-state index contributed by atoms with van der Waals surface area (Å²) in [7, 11) is 0. The van der Waals surface area contributed by atoms with E-state index in [0.717, 1.165) is 36.8 Å². The van der Waals surface area contributed by atoms with Crippen LogP contribution in [-0.4, -0.2) is 42.8 Å². The molecule has 0 spiro atoms. The van der Waals surface area contributed by atoms with Gasteiger partial charge in [0, 0.05) is 31.0 Å². The number of benzene rings is 2. The lowest BCUT2D eigenvalue weighted by Gasteiger charge is -2.14. The molecular weight excluding hydrogens is 444 g/mol. The summed E-state index contributed by atoms with van der Waals surface area (Å²) in [5.74, 6) is -0.911. The molecule has 0 aromatic heterocycles. The fourth-order valence-corrected chi connectivity index (χ4v) is 4.30. The van der Waals surface area contributed by atoms with Crippen LogP contribution in [0.25, 0.3) is 11.1 Å². The van der Waals surface area contributed by atoms with E-state index in [9.17, 15) is 14.4 Å². The third-order valence-electron chi connectivity index (χ3n) is 6.21. The largest absolute Gasteiger partial charge is 0.481 e. The van der Waals surface area contributed by atoms with Crippen LogP contribution in [0.1, 0.15) is 62.5 Å². The second kappa shape index (κ2) is 13.3. The Morgan fingerprint density at radius 2 is 1.49 bits per heavy atom. The lowest BCUT2D eigenvalue weighted by Crippen LogP contribution is -2.28. The summed E-state index contributed by atoms with van der Waals surface area (Å²) in [4.78, 5) is 34.9. The molecule has 0 saturated heterocycles. The van der Waals surface area contributed by atoms with Gasteiger partial charge in [0.15, 0.2) is 0 Å². The highest BCUT2D eigenvalue weighted by molar-refractivity contribution is 5.92. The van der Waals surface area contributed by atoms with Gasteiger partial charge in [0.25, 0.3) is 0 Å². The molecule has 0 atom stereocenters. The summed E-state index contributed by atoms with van der Waals surface area (Å²) in [6.45, 7) is 2.74. The fraction of sp³-hybridized carbons (Fsp3) is 0.393. The number of ether oxygens (including phenoxy) is 1. The van der Waals surface area contributed by atoms with Crippen LogP contribution < -0.4 is 10.6 Å². The van der Waals surface area contributed by atoms with Crippen molar-refractivity contribution >= 4 is 18.0 Å². The highest BCUT2D eigenvalue weighted by atomic mass is 16.5. The van der Waals surface area contributed by atoms with E-state index in [1.54, 1.807) is 13.0 Å². The monoisotopic (exact) mass is 478 g/mol. The Morgan fingerprint density at radius 1 is 0.886 bits per heavy atom. The maximum Gasteiger partial charge on any atom is 0.407 e. The molecule has 7 heteroatoms. The topological polar surface area (TPSA) is 105 Å². The third-order valence-corrected chi connectivity index (χ3v) is 6.21. The maximum atomic E-state index is 12.2. The van der Waals surface area contributed by atoms with Crippen LogP contribution >= 0.6 is 0 Å². The standard InChI is InChI=1S/C28H34N2O5/c1-20(27(33)29-17-10-4-2-3-5-15-26(31)32)16-18-30-28(34)35-19-25-23-13-8-6-11-21(23)22-12-7-9-14-24(22)25/h6-9,11-14,16,25H,2-5,10,15,17-19H2,1H3,(H,29,33)(H,30,34)(H,31,32)/b20-16+. The number of carbonyl (C=O) groups excluding carboxylic acids is 2. The summed E-state index contributed by atoms with van der Waals surface area (Å²) < 4.78 is 5.50. The van der Waals surface area contributed by atoms with E-state index in [2.05, 4.69) is 34.9 Å². The third kappa shape index (κ3) is 7.70. The SMILES string of the molecule is C/C(=C\CNC(=O)OCC1c2ccccc2-c2ccccc21)C(=O)NCCCCCCCC(=O)O. The van der Waals surface area contributed by atoms with E-state index < -0.39 is 12.1 Å². The van der Waals surface area contributed by atoms with Crippen LogP contribution in [0.15, 0.2) is 60.2 Å². The van der Waals surface area contributed by atoms with Crippen molar-refractivity contribution < 1.29 is 24.2 Å². The van der Waals surface area contributed by atoms with Crippen molar-refractivity contribution in [2.24, 2.45) is 0 Å². The van der Waals surface area contributed by atoms with Crippen LogP contribution in [0, 0.1) is 0 Å². The number of carboxylic acid groups (broad SMARTS) is 1. The molecule has 0 heterocycles. The number of amides is 2. The molecule has 0 unspecified atom stereocenters. The molecule has 3 N–H and O–H groups in total. The van der Waals surface area contributed by atoms with E-state index in [1.165, 1.54) is 11.1 Å². The molecule has 2 amide bonds. The number of hydrogen-bond acceptors (Lipinski definition) is 4. The highest BCUT2D eigenvalue weighted by Crippen LogP contribution is 2.44. The van der Waals surface area contributed by atoms with Crippen molar-refractivity contribution in [2.45, 2.75) is 51.4 Å². The number of alkyl carbamates (subject to hydrolysis) is 1. The molecular formula is C28H34N2O5. The summed E-state index contributed by atoms with van der Waals surface area (Å²) in [5.41, 5.74) is 5.22. The zero-order valence-corrected chi connectivity index (χ0v) is 20.2. The first kappa shape index (κ1) is 26.0. The van der Waals surface area contributed by atoms with Crippen LogP contribution in [0.3, 0.4) is 0 Å². The predicted molar refractivity (Wildman–Crippen MR) is 135 cm³/mol. The van der Waals surface area contributed by atoms with Crippen molar-refractivity contribution in [3.63, 3.8) is 0 Å². The molecule has 0 bridgehead atoms. The molecule has 3 rings (SSSR count). The van der Waals surface area contributed by atoms with E-state index >= 15 is 0 Å². The minimum absolute atomic E-state index is 0.00776.